The first-order chi connectivity index (χ1) is 7.95. The van der Waals surface area contributed by atoms with E-state index in [1.807, 2.05) is 6.21 Å². The summed E-state index contributed by atoms with van der Waals surface area (Å²) in [4.78, 5) is 4.46. The van der Waals surface area contributed by atoms with Crippen molar-refractivity contribution in [2.75, 3.05) is 0 Å². The lowest BCUT2D eigenvalue weighted by Crippen LogP contribution is -1.92. The SMILES string of the molecule is C1=Nc2cccn3c2c(c2ccccc23)C1. The number of nitrogens with zero attached hydrogens (tertiary/aromatic N) is 2. The van der Waals surface area contributed by atoms with Crippen LogP contribution in [0.1, 0.15) is 5.56 Å². The Morgan fingerprint density at radius 1 is 1.06 bits per heavy atom. The number of aliphatic imine (C=N–C) groups is 1. The molecule has 3 heterocycles. The van der Waals surface area contributed by atoms with Gasteiger partial charge in [-0.2, -0.15) is 0 Å². The van der Waals surface area contributed by atoms with Gasteiger partial charge in [-0.3, -0.25) is 4.99 Å². The van der Waals surface area contributed by atoms with Gasteiger partial charge in [-0.1, -0.05) is 18.2 Å². The van der Waals surface area contributed by atoms with E-state index >= 15 is 0 Å². The number of hydrogen-bond donors (Lipinski definition) is 0. The largest absolute Gasteiger partial charge is 0.314 e. The van der Waals surface area contributed by atoms with Crippen LogP contribution in [0.25, 0.3) is 16.4 Å². The quantitative estimate of drug-likeness (QED) is 0.536. The fourth-order valence-corrected chi connectivity index (χ4v) is 2.61. The minimum atomic E-state index is 0.939. The second-order valence-electron chi connectivity index (χ2n) is 4.12. The third-order valence-corrected chi connectivity index (χ3v) is 3.27. The number of hydrogen-bond acceptors (Lipinski definition) is 1. The minimum Gasteiger partial charge on any atom is -0.314 e. The first kappa shape index (κ1) is 8.11. The Morgan fingerprint density at radius 2 is 2.00 bits per heavy atom. The summed E-state index contributed by atoms with van der Waals surface area (Å²) >= 11 is 0. The zero-order chi connectivity index (χ0) is 10.5. The van der Waals surface area contributed by atoms with Gasteiger partial charge < -0.3 is 4.40 Å². The Morgan fingerprint density at radius 3 is 3.00 bits per heavy atom. The number of para-hydroxylation sites is 1. The van der Waals surface area contributed by atoms with Crippen molar-refractivity contribution in [2.24, 2.45) is 4.99 Å². The molecule has 4 rings (SSSR count). The Hall–Kier alpha value is -2.09. The maximum Gasteiger partial charge on any atom is 0.0869 e. The Bertz CT molecular complexity index is 735. The summed E-state index contributed by atoms with van der Waals surface area (Å²) in [7, 11) is 0. The van der Waals surface area contributed by atoms with E-state index in [1.54, 1.807) is 0 Å². The van der Waals surface area contributed by atoms with E-state index in [2.05, 4.69) is 52.0 Å². The zero-order valence-corrected chi connectivity index (χ0v) is 8.72. The number of pyridine rings is 1. The van der Waals surface area contributed by atoms with E-state index in [4.69, 9.17) is 0 Å². The molecule has 0 aliphatic carbocycles. The predicted molar refractivity (Wildman–Crippen MR) is 66.8 cm³/mol. The highest BCUT2D eigenvalue weighted by Crippen LogP contribution is 2.34. The normalized spacial score (nSPS) is 13.8. The first-order valence-electron chi connectivity index (χ1n) is 5.48. The minimum absolute atomic E-state index is 0.939. The molecule has 0 fully saturated rings. The van der Waals surface area contributed by atoms with Gasteiger partial charge in [0.25, 0.3) is 0 Å². The van der Waals surface area contributed by atoms with Gasteiger partial charge in [0, 0.05) is 24.2 Å². The van der Waals surface area contributed by atoms with Gasteiger partial charge in [0.05, 0.1) is 16.7 Å². The lowest BCUT2D eigenvalue weighted by Gasteiger charge is -2.06. The molecule has 3 aromatic rings. The van der Waals surface area contributed by atoms with Crippen molar-refractivity contribution in [3.05, 3.63) is 48.2 Å². The molecule has 1 aromatic carbocycles. The molecule has 0 amide bonds. The molecule has 0 N–H and O–H groups in total. The molecule has 76 valence electrons. The molecule has 16 heavy (non-hydrogen) atoms. The van der Waals surface area contributed by atoms with E-state index < -0.39 is 0 Å². The van der Waals surface area contributed by atoms with Gasteiger partial charge >= 0.3 is 0 Å². The molecule has 0 atom stereocenters. The lowest BCUT2D eigenvalue weighted by atomic mass is 10.1. The standard InChI is InChI=1S/C14H10N2/c1-2-6-13-10(4-1)11-7-8-15-12-5-3-9-16(13)14(11)12/h1-6,8-9H,7H2. The summed E-state index contributed by atoms with van der Waals surface area (Å²) in [5, 5.41) is 1.35. The van der Waals surface area contributed by atoms with Gasteiger partial charge in [-0.15, -0.1) is 0 Å². The third kappa shape index (κ3) is 0.847. The van der Waals surface area contributed by atoms with Crippen LogP contribution in [-0.4, -0.2) is 10.6 Å². The molecule has 1 aliphatic rings. The van der Waals surface area contributed by atoms with E-state index in [9.17, 15) is 0 Å². The molecule has 0 radical (unpaired) electrons. The van der Waals surface area contributed by atoms with Crippen LogP contribution in [0, 0.1) is 0 Å². The summed E-state index contributed by atoms with van der Waals surface area (Å²) in [6, 6.07) is 12.7. The highest BCUT2D eigenvalue weighted by atomic mass is 14.9. The molecular formula is C14H10N2. The van der Waals surface area contributed by atoms with Crippen molar-refractivity contribution in [3.8, 4) is 0 Å². The fourth-order valence-electron chi connectivity index (χ4n) is 2.61. The second kappa shape index (κ2) is 2.73. The zero-order valence-electron chi connectivity index (χ0n) is 8.72. The van der Waals surface area contributed by atoms with Crippen molar-refractivity contribution in [1.29, 1.82) is 0 Å². The van der Waals surface area contributed by atoms with Crippen LogP contribution in [0.4, 0.5) is 5.69 Å². The van der Waals surface area contributed by atoms with Crippen molar-refractivity contribution >= 4 is 28.3 Å². The van der Waals surface area contributed by atoms with Crippen LogP contribution in [0.3, 0.4) is 0 Å². The van der Waals surface area contributed by atoms with Crippen molar-refractivity contribution in [1.82, 2.24) is 4.40 Å². The molecule has 0 saturated heterocycles. The summed E-state index contributed by atoms with van der Waals surface area (Å²) < 4.78 is 2.25. The monoisotopic (exact) mass is 206 g/mol. The lowest BCUT2D eigenvalue weighted by molar-refractivity contribution is 1.22. The maximum atomic E-state index is 4.46. The Labute approximate surface area is 92.9 Å². The molecular weight excluding hydrogens is 196 g/mol. The maximum absolute atomic E-state index is 4.46. The highest BCUT2D eigenvalue weighted by Gasteiger charge is 2.15. The van der Waals surface area contributed by atoms with E-state index in [0.29, 0.717) is 0 Å². The van der Waals surface area contributed by atoms with Crippen LogP contribution in [-0.2, 0) is 6.42 Å². The van der Waals surface area contributed by atoms with Crippen LogP contribution in [0.5, 0.6) is 0 Å². The van der Waals surface area contributed by atoms with Crippen molar-refractivity contribution in [3.63, 3.8) is 0 Å². The molecule has 0 saturated carbocycles. The predicted octanol–water partition coefficient (Wildman–Crippen LogP) is 3.35. The van der Waals surface area contributed by atoms with E-state index in [0.717, 1.165) is 12.1 Å². The number of fused-ring (bicyclic) bond motifs is 3. The topological polar surface area (TPSA) is 16.8 Å². The average molecular weight is 206 g/mol. The highest BCUT2D eigenvalue weighted by molar-refractivity contribution is 6.00. The summed E-state index contributed by atoms with van der Waals surface area (Å²) in [5.74, 6) is 0. The third-order valence-electron chi connectivity index (χ3n) is 3.27. The van der Waals surface area contributed by atoms with Crippen LogP contribution >= 0.6 is 0 Å². The molecule has 0 bridgehead atoms. The summed E-state index contributed by atoms with van der Waals surface area (Å²) in [6.07, 6.45) is 5.06. The Balaban J connectivity index is 2.39. The summed E-state index contributed by atoms with van der Waals surface area (Å²) in [5.41, 5.74) is 5.03. The number of aromatic nitrogens is 1. The van der Waals surface area contributed by atoms with Crippen molar-refractivity contribution in [2.45, 2.75) is 6.42 Å². The van der Waals surface area contributed by atoms with Crippen LogP contribution in [0.2, 0.25) is 0 Å². The number of benzene rings is 1. The fraction of sp³-hybridized carbons (Fsp3) is 0.0714. The smallest absolute Gasteiger partial charge is 0.0869 e. The van der Waals surface area contributed by atoms with E-state index in [1.165, 1.54) is 22.0 Å². The molecule has 1 aliphatic heterocycles. The van der Waals surface area contributed by atoms with E-state index in [-0.39, 0.29) is 0 Å². The molecule has 2 heteroatoms. The Kier molecular flexibility index (Phi) is 1.38. The molecule has 0 unspecified atom stereocenters. The second-order valence-corrected chi connectivity index (χ2v) is 4.12. The number of rotatable bonds is 0. The van der Waals surface area contributed by atoms with Crippen LogP contribution < -0.4 is 0 Å². The van der Waals surface area contributed by atoms with Crippen LogP contribution in [0.15, 0.2) is 47.6 Å². The van der Waals surface area contributed by atoms with Gasteiger partial charge in [0.15, 0.2) is 0 Å². The average Bonchev–Trinajstić information content (AvgIpc) is 2.68. The molecule has 2 nitrogen and oxygen atoms in total. The first-order valence-corrected chi connectivity index (χ1v) is 5.48. The van der Waals surface area contributed by atoms with Gasteiger partial charge in [0.2, 0.25) is 0 Å². The molecule has 0 spiro atoms. The summed E-state index contributed by atoms with van der Waals surface area (Å²) in [6.45, 7) is 0. The van der Waals surface area contributed by atoms with Gasteiger partial charge in [-0.05, 0) is 23.8 Å². The van der Waals surface area contributed by atoms with Gasteiger partial charge in [0.1, 0.15) is 0 Å². The molecule has 2 aromatic heterocycles. The van der Waals surface area contributed by atoms with Gasteiger partial charge in [-0.25, -0.2) is 0 Å². The van der Waals surface area contributed by atoms with Crippen molar-refractivity contribution < 1.29 is 0 Å².